The van der Waals surface area contributed by atoms with E-state index in [9.17, 15) is 13.2 Å². The van der Waals surface area contributed by atoms with Crippen molar-refractivity contribution in [1.82, 2.24) is 0 Å². The molecule has 1 heterocycles. The molecule has 3 nitrogen and oxygen atoms in total. The van der Waals surface area contributed by atoms with Gasteiger partial charge in [0, 0.05) is 12.3 Å². The molecule has 0 spiro atoms. The molecule has 1 aliphatic heterocycles. The Morgan fingerprint density at radius 2 is 2.00 bits per heavy atom. The minimum Gasteiger partial charge on any atom is -0.299 e. The maximum absolute atomic E-state index is 12.1. The Labute approximate surface area is 108 Å². The van der Waals surface area contributed by atoms with Crippen LogP contribution in [0.3, 0.4) is 0 Å². The van der Waals surface area contributed by atoms with Crippen LogP contribution >= 0.6 is 0 Å². The van der Waals surface area contributed by atoms with Crippen molar-refractivity contribution in [3.63, 3.8) is 0 Å². The molecule has 2 unspecified atom stereocenters. The van der Waals surface area contributed by atoms with Crippen molar-refractivity contribution in [3.8, 4) is 0 Å². The first-order valence-corrected chi connectivity index (χ1v) is 8.08. The summed E-state index contributed by atoms with van der Waals surface area (Å²) in [6.45, 7) is 2.01. The summed E-state index contributed by atoms with van der Waals surface area (Å²) in [5.41, 5.74) is 1.13. The van der Waals surface area contributed by atoms with E-state index in [-0.39, 0.29) is 29.1 Å². The summed E-state index contributed by atoms with van der Waals surface area (Å²) < 4.78 is 22.7. The summed E-state index contributed by atoms with van der Waals surface area (Å²) in [6.07, 6.45) is 0.937. The second-order valence-corrected chi connectivity index (χ2v) is 7.31. The number of carbonyl (C=O) groups is 1. The zero-order valence-corrected chi connectivity index (χ0v) is 11.3. The predicted octanol–water partition coefficient (Wildman–Crippen LogP) is 2.18. The van der Waals surface area contributed by atoms with Gasteiger partial charge in [-0.25, -0.2) is 8.42 Å². The van der Waals surface area contributed by atoms with Crippen LogP contribution in [0.2, 0.25) is 0 Å². The minimum absolute atomic E-state index is 0.0490. The van der Waals surface area contributed by atoms with Gasteiger partial charge in [0.05, 0.1) is 11.5 Å². The Kier molecular flexibility index (Phi) is 3.85. The highest BCUT2D eigenvalue weighted by atomic mass is 32.2. The Morgan fingerprint density at radius 1 is 1.33 bits per heavy atom. The fourth-order valence-corrected chi connectivity index (χ4v) is 4.19. The van der Waals surface area contributed by atoms with Crippen LogP contribution in [0.1, 0.15) is 31.2 Å². The lowest BCUT2D eigenvalue weighted by molar-refractivity contribution is -0.122. The molecule has 1 aromatic carbocycles. The van der Waals surface area contributed by atoms with Crippen LogP contribution in [0.4, 0.5) is 0 Å². The Morgan fingerprint density at radius 3 is 2.56 bits per heavy atom. The highest BCUT2D eigenvalue weighted by Crippen LogP contribution is 2.25. The molecule has 1 aliphatic rings. The van der Waals surface area contributed by atoms with Crippen LogP contribution in [-0.2, 0) is 14.6 Å². The van der Waals surface area contributed by atoms with Gasteiger partial charge in [0.1, 0.15) is 5.78 Å². The second kappa shape index (κ2) is 5.22. The highest BCUT2D eigenvalue weighted by Gasteiger charge is 2.33. The van der Waals surface area contributed by atoms with Gasteiger partial charge in [-0.15, -0.1) is 0 Å². The number of Topliss-reactive ketones (excluding diaryl/α,β-unsaturated/α-hetero) is 1. The average molecular weight is 266 g/mol. The smallest absolute Gasteiger partial charge is 0.151 e. The van der Waals surface area contributed by atoms with E-state index in [4.69, 9.17) is 0 Å². The SMILES string of the molecule is CC(CC(=O)C1CCS(=O)(=O)C1)c1ccccc1. The first-order valence-electron chi connectivity index (χ1n) is 6.26. The zero-order chi connectivity index (χ0) is 13.2. The molecule has 0 N–H and O–H groups in total. The lowest BCUT2D eigenvalue weighted by Gasteiger charge is -2.13. The predicted molar refractivity (Wildman–Crippen MR) is 71.2 cm³/mol. The molecule has 18 heavy (non-hydrogen) atoms. The number of rotatable bonds is 4. The van der Waals surface area contributed by atoms with Crippen LogP contribution in [-0.4, -0.2) is 25.7 Å². The maximum atomic E-state index is 12.1. The van der Waals surface area contributed by atoms with Crippen molar-refractivity contribution >= 4 is 15.6 Å². The van der Waals surface area contributed by atoms with E-state index >= 15 is 0 Å². The van der Waals surface area contributed by atoms with Gasteiger partial charge in [0.15, 0.2) is 9.84 Å². The normalized spacial score (nSPS) is 23.7. The van der Waals surface area contributed by atoms with Gasteiger partial charge in [0.2, 0.25) is 0 Å². The molecule has 0 amide bonds. The van der Waals surface area contributed by atoms with Crippen molar-refractivity contribution in [1.29, 1.82) is 0 Å². The number of ketones is 1. The summed E-state index contributed by atoms with van der Waals surface area (Å²) in [5, 5.41) is 0. The fourth-order valence-electron chi connectivity index (χ4n) is 2.42. The standard InChI is InChI=1S/C14H18O3S/c1-11(12-5-3-2-4-6-12)9-14(15)13-7-8-18(16,17)10-13/h2-6,11,13H,7-10H2,1H3. The number of hydrogen-bond donors (Lipinski definition) is 0. The second-order valence-electron chi connectivity index (χ2n) is 5.08. The minimum atomic E-state index is -2.96. The number of carbonyl (C=O) groups excluding carboxylic acids is 1. The summed E-state index contributed by atoms with van der Waals surface area (Å²) in [6, 6.07) is 9.86. The molecule has 0 saturated carbocycles. The van der Waals surface area contributed by atoms with Gasteiger partial charge in [0.25, 0.3) is 0 Å². The summed E-state index contributed by atoms with van der Waals surface area (Å²) in [7, 11) is -2.96. The third-order valence-corrected chi connectivity index (χ3v) is 5.33. The van der Waals surface area contributed by atoms with Crippen molar-refractivity contribution in [2.75, 3.05) is 11.5 Å². The maximum Gasteiger partial charge on any atom is 0.151 e. The zero-order valence-electron chi connectivity index (χ0n) is 10.5. The van der Waals surface area contributed by atoms with Gasteiger partial charge in [-0.3, -0.25) is 4.79 Å². The van der Waals surface area contributed by atoms with E-state index in [0.29, 0.717) is 12.8 Å². The van der Waals surface area contributed by atoms with Gasteiger partial charge in [-0.05, 0) is 17.9 Å². The Bertz CT molecular complexity index is 519. The van der Waals surface area contributed by atoms with E-state index in [2.05, 4.69) is 0 Å². The van der Waals surface area contributed by atoms with Gasteiger partial charge in [-0.1, -0.05) is 37.3 Å². The Hall–Kier alpha value is -1.16. The molecular formula is C14H18O3S. The van der Waals surface area contributed by atoms with Crippen LogP contribution in [0, 0.1) is 5.92 Å². The number of hydrogen-bond acceptors (Lipinski definition) is 3. The molecule has 0 radical (unpaired) electrons. The monoisotopic (exact) mass is 266 g/mol. The molecule has 0 aliphatic carbocycles. The third-order valence-electron chi connectivity index (χ3n) is 3.56. The quantitative estimate of drug-likeness (QED) is 0.839. The van der Waals surface area contributed by atoms with Crippen LogP contribution < -0.4 is 0 Å². The summed E-state index contributed by atoms with van der Waals surface area (Å²) in [5.74, 6) is 0.187. The molecule has 2 rings (SSSR count). The number of benzene rings is 1. The third kappa shape index (κ3) is 3.19. The summed E-state index contributed by atoms with van der Waals surface area (Å²) >= 11 is 0. The first kappa shape index (κ1) is 13.3. The van der Waals surface area contributed by atoms with E-state index in [1.807, 2.05) is 37.3 Å². The molecule has 1 saturated heterocycles. The molecule has 98 valence electrons. The molecule has 2 atom stereocenters. The average Bonchev–Trinajstić information content (AvgIpc) is 2.71. The molecule has 0 aromatic heterocycles. The topological polar surface area (TPSA) is 51.2 Å². The molecule has 0 bridgehead atoms. The Balaban J connectivity index is 1.96. The van der Waals surface area contributed by atoms with Gasteiger partial charge >= 0.3 is 0 Å². The molecular weight excluding hydrogens is 248 g/mol. The number of sulfone groups is 1. The molecule has 1 fully saturated rings. The van der Waals surface area contributed by atoms with Gasteiger partial charge in [-0.2, -0.15) is 0 Å². The van der Waals surface area contributed by atoms with E-state index < -0.39 is 9.84 Å². The van der Waals surface area contributed by atoms with E-state index in [0.717, 1.165) is 5.56 Å². The highest BCUT2D eigenvalue weighted by molar-refractivity contribution is 7.91. The van der Waals surface area contributed by atoms with Crippen LogP contribution in [0.5, 0.6) is 0 Å². The molecule has 4 heteroatoms. The van der Waals surface area contributed by atoms with Crippen molar-refractivity contribution in [2.45, 2.75) is 25.7 Å². The van der Waals surface area contributed by atoms with Gasteiger partial charge < -0.3 is 0 Å². The first-order chi connectivity index (χ1) is 8.48. The lowest BCUT2D eigenvalue weighted by Crippen LogP contribution is -2.17. The largest absolute Gasteiger partial charge is 0.299 e. The van der Waals surface area contributed by atoms with E-state index in [1.165, 1.54) is 0 Å². The van der Waals surface area contributed by atoms with Crippen LogP contribution in [0.15, 0.2) is 30.3 Å². The van der Waals surface area contributed by atoms with Crippen LogP contribution in [0.25, 0.3) is 0 Å². The fraction of sp³-hybridized carbons (Fsp3) is 0.500. The summed E-state index contributed by atoms with van der Waals surface area (Å²) in [4.78, 5) is 12.1. The lowest BCUT2D eigenvalue weighted by atomic mass is 9.90. The van der Waals surface area contributed by atoms with Crippen molar-refractivity contribution in [3.05, 3.63) is 35.9 Å². The van der Waals surface area contributed by atoms with Crippen molar-refractivity contribution in [2.24, 2.45) is 5.92 Å². The van der Waals surface area contributed by atoms with Crippen molar-refractivity contribution < 1.29 is 13.2 Å². The molecule has 1 aromatic rings. The van der Waals surface area contributed by atoms with E-state index in [1.54, 1.807) is 0 Å².